The number of phenolic OH excluding ortho intramolecular Hbond substituents is 1. The Bertz CT molecular complexity index is 495. The summed E-state index contributed by atoms with van der Waals surface area (Å²) in [6.45, 7) is 6.31. The van der Waals surface area contributed by atoms with Gasteiger partial charge in [0, 0.05) is 11.8 Å². The van der Waals surface area contributed by atoms with Gasteiger partial charge in [-0.3, -0.25) is 4.68 Å². The highest BCUT2D eigenvalue weighted by Crippen LogP contribution is 2.26. The van der Waals surface area contributed by atoms with E-state index in [1.165, 1.54) is 0 Å². The van der Waals surface area contributed by atoms with Crippen LogP contribution in [-0.2, 0) is 5.54 Å². The average Bonchev–Trinajstić information content (AvgIpc) is 2.65. The second-order valence-electron chi connectivity index (χ2n) is 4.85. The van der Waals surface area contributed by atoms with E-state index in [9.17, 15) is 5.11 Å². The molecule has 0 fully saturated rings. The molecule has 1 N–H and O–H groups in total. The van der Waals surface area contributed by atoms with Gasteiger partial charge < -0.3 is 5.11 Å². The standard InChI is InChI=1S/C13H16N2O/c1-13(2,3)15-12(7-8-14-15)10-5-4-6-11(16)9-10/h4-9,16H,1-3H3. The van der Waals surface area contributed by atoms with Crippen molar-refractivity contribution in [3.05, 3.63) is 36.5 Å². The Morgan fingerprint density at radius 2 is 1.94 bits per heavy atom. The van der Waals surface area contributed by atoms with E-state index in [4.69, 9.17) is 0 Å². The molecule has 0 saturated carbocycles. The highest BCUT2D eigenvalue weighted by Gasteiger charge is 2.17. The molecule has 0 atom stereocenters. The van der Waals surface area contributed by atoms with Crippen LogP contribution in [0.1, 0.15) is 20.8 Å². The molecular formula is C13H16N2O. The maximum absolute atomic E-state index is 9.48. The third-order valence-electron chi connectivity index (χ3n) is 2.42. The molecular weight excluding hydrogens is 200 g/mol. The zero-order chi connectivity index (χ0) is 11.8. The van der Waals surface area contributed by atoms with Crippen LogP contribution in [-0.4, -0.2) is 14.9 Å². The summed E-state index contributed by atoms with van der Waals surface area (Å²) in [5.74, 6) is 0.277. The molecule has 3 heteroatoms. The van der Waals surface area contributed by atoms with Crippen molar-refractivity contribution in [1.82, 2.24) is 9.78 Å². The molecule has 1 heterocycles. The number of hydrogen-bond donors (Lipinski definition) is 1. The largest absolute Gasteiger partial charge is 0.508 e. The SMILES string of the molecule is CC(C)(C)n1nccc1-c1cccc(O)c1. The molecule has 0 saturated heterocycles. The van der Waals surface area contributed by atoms with Gasteiger partial charge in [-0.15, -0.1) is 0 Å². The van der Waals surface area contributed by atoms with Gasteiger partial charge in [0.1, 0.15) is 5.75 Å². The lowest BCUT2D eigenvalue weighted by molar-refractivity contribution is 0.360. The van der Waals surface area contributed by atoms with Crippen LogP contribution in [0.15, 0.2) is 36.5 Å². The third kappa shape index (κ3) is 1.94. The van der Waals surface area contributed by atoms with Crippen LogP contribution >= 0.6 is 0 Å². The molecule has 0 bridgehead atoms. The van der Waals surface area contributed by atoms with E-state index < -0.39 is 0 Å². The number of benzene rings is 1. The fraction of sp³-hybridized carbons (Fsp3) is 0.308. The second kappa shape index (κ2) is 3.67. The molecule has 2 rings (SSSR count). The first kappa shape index (κ1) is 10.7. The van der Waals surface area contributed by atoms with E-state index in [0.717, 1.165) is 11.3 Å². The smallest absolute Gasteiger partial charge is 0.116 e. The van der Waals surface area contributed by atoms with Crippen molar-refractivity contribution < 1.29 is 5.11 Å². The molecule has 84 valence electrons. The molecule has 0 aliphatic rings. The summed E-state index contributed by atoms with van der Waals surface area (Å²) in [7, 11) is 0. The van der Waals surface area contributed by atoms with Crippen molar-refractivity contribution in [1.29, 1.82) is 0 Å². The number of nitrogens with zero attached hydrogens (tertiary/aromatic N) is 2. The minimum atomic E-state index is -0.0652. The van der Waals surface area contributed by atoms with Crippen LogP contribution in [0.4, 0.5) is 0 Å². The minimum absolute atomic E-state index is 0.0652. The van der Waals surface area contributed by atoms with Crippen LogP contribution in [0.3, 0.4) is 0 Å². The van der Waals surface area contributed by atoms with Crippen LogP contribution in [0.25, 0.3) is 11.3 Å². The van der Waals surface area contributed by atoms with Crippen molar-refractivity contribution in [3.8, 4) is 17.0 Å². The fourth-order valence-corrected chi connectivity index (χ4v) is 1.72. The van der Waals surface area contributed by atoms with Gasteiger partial charge in [0.2, 0.25) is 0 Å². The summed E-state index contributed by atoms with van der Waals surface area (Å²) in [5, 5.41) is 13.8. The number of phenols is 1. The first-order valence-corrected chi connectivity index (χ1v) is 5.32. The van der Waals surface area contributed by atoms with Crippen molar-refractivity contribution in [2.45, 2.75) is 26.3 Å². The average molecular weight is 216 g/mol. The van der Waals surface area contributed by atoms with Crippen molar-refractivity contribution >= 4 is 0 Å². The molecule has 0 spiro atoms. The Hall–Kier alpha value is -1.77. The van der Waals surface area contributed by atoms with Gasteiger partial charge in [0.25, 0.3) is 0 Å². The lowest BCUT2D eigenvalue weighted by atomic mass is 10.1. The molecule has 0 radical (unpaired) electrons. The maximum Gasteiger partial charge on any atom is 0.116 e. The van der Waals surface area contributed by atoms with Crippen LogP contribution in [0.2, 0.25) is 0 Å². The summed E-state index contributed by atoms with van der Waals surface area (Å²) >= 11 is 0. The van der Waals surface area contributed by atoms with E-state index in [-0.39, 0.29) is 11.3 Å². The van der Waals surface area contributed by atoms with Gasteiger partial charge in [0.05, 0.1) is 11.2 Å². The molecule has 3 nitrogen and oxygen atoms in total. The van der Waals surface area contributed by atoms with Crippen LogP contribution in [0.5, 0.6) is 5.75 Å². The first-order chi connectivity index (χ1) is 7.48. The maximum atomic E-state index is 9.48. The Balaban J connectivity index is 2.53. The zero-order valence-electron chi connectivity index (χ0n) is 9.81. The van der Waals surface area contributed by atoms with E-state index in [0.29, 0.717) is 0 Å². The van der Waals surface area contributed by atoms with Crippen molar-refractivity contribution in [3.63, 3.8) is 0 Å². The second-order valence-corrected chi connectivity index (χ2v) is 4.85. The van der Waals surface area contributed by atoms with E-state index in [1.807, 2.05) is 22.9 Å². The van der Waals surface area contributed by atoms with Gasteiger partial charge in [-0.1, -0.05) is 12.1 Å². The number of aromatic hydroxyl groups is 1. The summed E-state index contributed by atoms with van der Waals surface area (Å²) in [5.41, 5.74) is 1.93. The van der Waals surface area contributed by atoms with E-state index in [2.05, 4.69) is 25.9 Å². The minimum Gasteiger partial charge on any atom is -0.508 e. The molecule has 16 heavy (non-hydrogen) atoms. The summed E-state index contributed by atoms with van der Waals surface area (Å²) in [6, 6.07) is 9.18. The first-order valence-electron chi connectivity index (χ1n) is 5.32. The Kier molecular flexibility index (Phi) is 2.46. The Morgan fingerprint density at radius 3 is 2.56 bits per heavy atom. The Labute approximate surface area is 95.3 Å². The number of rotatable bonds is 1. The predicted octanol–water partition coefficient (Wildman–Crippen LogP) is 3.01. The van der Waals surface area contributed by atoms with Crippen LogP contribution in [0, 0.1) is 0 Å². The van der Waals surface area contributed by atoms with E-state index >= 15 is 0 Å². The summed E-state index contributed by atoms with van der Waals surface area (Å²) in [4.78, 5) is 0. The predicted molar refractivity (Wildman–Crippen MR) is 64.3 cm³/mol. The van der Waals surface area contributed by atoms with Crippen molar-refractivity contribution in [2.75, 3.05) is 0 Å². The van der Waals surface area contributed by atoms with Gasteiger partial charge in [-0.25, -0.2) is 0 Å². The lowest BCUT2D eigenvalue weighted by Crippen LogP contribution is -2.23. The topological polar surface area (TPSA) is 38.0 Å². The van der Waals surface area contributed by atoms with E-state index in [1.54, 1.807) is 18.3 Å². The monoisotopic (exact) mass is 216 g/mol. The molecule has 0 unspecified atom stereocenters. The lowest BCUT2D eigenvalue weighted by Gasteiger charge is -2.22. The fourth-order valence-electron chi connectivity index (χ4n) is 1.72. The third-order valence-corrected chi connectivity index (χ3v) is 2.42. The normalized spacial score (nSPS) is 11.7. The Morgan fingerprint density at radius 1 is 1.19 bits per heavy atom. The highest BCUT2D eigenvalue weighted by molar-refractivity contribution is 5.61. The highest BCUT2D eigenvalue weighted by atomic mass is 16.3. The summed E-state index contributed by atoms with van der Waals surface area (Å²) < 4.78 is 1.96. The van der Waals surface area contributed by atoms with Crippen LogP contribution < -0.4 is 0 Å². The molecule has 1 aromatic carbocycles. The molecule has 0 amide bonds. The van der Waals surface area contributed by atoms with Gasteiger partial charge in [-0.05, 0) is 39.0 Å². The quantitative estimate of drug-likeness (QED) is 0.795. The molecule has 0 aliphatic heterocycles. The number of aromatic nitrogens is 2. The molecule has 0 aliphatic carbocycles. The molecule has 1 aromatic heterocycles. The number of hydrogen-bond acceptors (Lipinski definition) is 2. The summed E-state index contributed by atoms with van der Waals surface area (Å²) in [6.07, 6.45) is 1.78. The van der Waals surface area contributed by atoms with Gasteiger partial charge in [-0.2, -0.15) is 5.10 Å². The van der Waals surface area contributed by atoms with Crippen molar-refractivity contribution in [2.24, 2.45) is 0 Å². The van der Waals surface area contributed by atoms with Gasteiger partial charge >= 0.3 is 0 Å². The zero-order valence-corrected chi connectivity index (χ0v) is 9.81. The molecule has 2 aromatic rings. The van der Waals surface area contributed by atoms with Gasteiger partial charge in [0.15, 0.2) is 0 Å².